The topological polar surface area (TPSA) is 62.9 Å². The van der Waals surface area contributed by atoms with Crippen LogP contribution >= 0.6 is 0 Å². The Morgan fingerprint density at radius 2 is 2.41 bits per heavy atom. The molecule has 0 saturated carbocycles. The van der Waals surface area contributed by atoms with E-state index in [-0.39, 0.29) is 0 Å². The molecule has 0 aliphatic heterocycles. The van der Waals surface area contributed by atoms with E-state index in [4.69, 9.17) is 14.3 Å². The van der Waals surface area contributed by atoms with Gasteiger partial charge in [-0.1, -0.05) is 0 Å². The van der Waals surface area contributed by atoms with Gasteiger partial charge in [0, 0.05) is 13.2 Å². The molecule has 1 aromatic heterocycles. The van der Waals surface area contributed by atoms with Crippen LogP contribution in [0.15, 0.2) is 22.8 Å². The maximum Gasteiger partial charge on any atom is 0.332 e. The summed E-state index contributed by atoms with van der Waals surface area (Å²) in [5.74, 6) is -0.0333. The van der Waals surface area contributed by atoms with Crippen LogP contribution in [0.4, 0.5) is 0 Å². The second-order valence-corrected chi connectivity index (χ2v) is 3.89. The maximum atomic E-state index is 10.9. The number of ether oxygens (including phenoxy) is 1. The summed E-state index contributed by atoms with van der Waals surface area (Å²) in [7, 11) is 1.92. The third-order valence-corrected chi connectivity index (χ3v) is 2.42. The molecule has 1 atom stereocenters. The van der Waals surface area contributed by atoms with Crippen LogP contribution < -0.4 is 0 Å². The number of carboxylic acids is 1. The molecule has 0 aliphatic rings. The fourth-order valence-corrected chi connectivity index (χ4v) is 1.56. The third kappa shape index (κ3) is 5.01. The normalized spacial score (nSPS) is 12.9. The number of nitrogens with zero attached hydrogens (tertiary/aromatic N) is 1. The first kappa shape index (κ1) is 13.7. The Labute approximate surface area is 101 Å². The van der Waals surface area contributed by atoms with Crippen molar-refractivity contribution in [1.82, 2.24) is 4.90 Å². The van der Waals surface area contributed by atoms with E-state index in [0.717, 1.165) is 5.76 Å². The highest BCUT2D eigenvalue weighted by molar-refractivity contribution is 5.72. The molecule has 0 amide bonds. The second-order valence-electron chi connectivity index (χ2n) is 3.89. The number of rotatable bonds is 8. The summed E-state index contributed by atoms with van der Waals surface area (Å²) < 4.78 is 10.4. The van der Waals surface area contributed by atoms with Crippen LogP contribution in [0, 0.1) is 0 Å². The molecule has 17 heavy (non-hydrogen) atoms. The third-order valence-electron chi connectivity index (χ3n) is 2.42. The van der Waals surface area contributed by atoms with E-state index >= 15 is 0 Å². The predicted molar refractivity (Wildman–Crippen MR) is 62.7 cm³/mol. The highest BCUT2D eigenvalue weighted by Gasteiger charge is 2.17. The van der Waals surface area contributed by atoms with Crippen molar-refractivity contribution in [3.8, 4) is 0 Å². The van der Waals surface area contributed by atoms with Gasteiger partial charge in [-0.15, -0.1) is 0 Å². The van der Waals surface area contributed by atoms with Gasteiger partial charge in [0.15, 0.2) is 6.10 Å². The molecule has 0 aliphatic carbocycles. The van der Waals surface area contributed by atoms with Gasteiger partial charge in [0.25, 0.3) is 0 Å². The van der Waals surface area contributed by atoms with Crippen LogP contribution in [0.25, 0.3) is 0 Å². The minimum Gasteiger partial charge on any atom is -0.479 e. The van der Waals surface area contributed by atoms with Crippen LogP contribution in [-0.2, 0) is 16.1 Å². The van der Waals surface area contributed by atoms with Crippen molar-refractivity contribution in [2.24, 2.45) is 0 Å². The van der Waals surface area contributed by atoms with Gasteiger partial charge in [0.2, 0.25) is 0 Å². The van der Waals surface area contributed by atoms with Gasteiger partial charge in [-0.3, -0.25) is 4.90 Å². The van der Waals surface area contributed by atoms with E-state index in [0.29, 0.717) is 26.1 Å². The highest BCUT2D eigenvalue weighted by atomic mass is 16.5. The molecule has 1 N–H and O–H groups in total. The van der Waals surface area contributed by atoms with Gasteiger partial charge in [0.05, 0.1) is 12.8 Å². The summed E-state index contributed by atoms with van der Waals surface area (Å²) in [6.07, 6.45) is 1.38. The molecule has 0 saturated heterocycles. The average molecular weight is 241 g/mol. The van der Waals surface area contributed by atoms with Gasteiger partial charge in [-0.05, 0) is 32.5 Å². The first-order valence-corrected chi connectivity index (χ1v) is 5.68. The molecule has 0 aromatic carbocycles. The Bertz CT molecular complexity index is 323. The minimum absolute atomic E-state index is 0.416. The van der Waals surface area contributed by atoms with Gasteiger partial charge >= 0.3 is 5.97 Å². The van der Waals surface area contributed by atoms with E-state index in [2.05, 4.69) is 0 Å². The van der Waals surface area contributed by atoms with Crippen LogP contribution in [0.1, 0.15) is 19.1 Å². The van der Waals surface area contributed by atoms with Gasteiger partial charge < -0.3 is 14.3 Å². The molecule has 96 valence electrons. The number of carboxylic acid groups (broad SMARTS) is 1. The Hall–Kier alpha value is -1.33. The van der Waals surface area contributed by atoms with E-state index in [9.17, 15) is 4.79 Å². The molecule has 5 heteroatoms. The quantitative estimate of drug-likeness (QED) is 0.748. The van der Waals surface area contributed by atoms with E-state index in [1.54, 1.807) is 13.2 Å². The van der Waals surface area contributed by atoms with Crippen molar-refractivity contribution >= 4 is 5.97 Å². The molecule has 1 heterocycles. The summed E-state index contributed by atoms with van der Waals surface area (Å²) in [5, 5.41) is 8.91. The zero-order valence-electron chi connectivity index (χ0n) is 10.3. The first-order chi connectivity index (χ1) is 8.13. The van der Waals surface area contributed by atoms with Crippen molar-refractivity contribution in [1.29, 1.82) is 0 Å². The van der Waals surface area contributed by atoms with Gasteiger partial charge in [0.1, 0.15) is 5.76 Å². The fourth-order valence-electron chi connectivity index (χ4n) is 1.56. The van der Waals surface area contributed by atoms with Crippen molar-refractivity contribution in [2.75, 3.05) is 20.2 Å². The number of aliphatic carboxylic acids is 1. The molecule has 1 rings (SSSR count). The van der Waals surface area contributed by atoms with Crippen molar-refractivity contribution in [3.05, 3.63) is 24.2 Å². The predicted octanol–water partition coefficient (Wildman–Crippen LogP) is 1.59. The molecular formula is C12H19NO4. The Morgan fingerprint density at radius 1 is 1.65 bits per heavy atom. The van der Waals surface area contributed by atoms with E-state index in [1.165, 1.54) is 0 Å². The zero-order valence-corrected chi connectivity index (χ0v) is 10.3. The standard InChI is InChI=1S/C12H19NO4/c1-3-16-11(12(14)15)6-7-13(2)9-10-5-4-8-17-10/h4-5,8,11H,3,6-7,9H2,1-2H3,(H,14,15). The lowest BCUT2D eigenvalue weighted by atomic mass is 10.2. The minimum atomic E-state index is -0.904. The fraction of sp³-hybridized carbons (Fsp3) is 0.583. The maximum absolute atomic E-state index is 10.9. The first-order valence-electron chi connectivity index (χ1n) is 5.68. The second kappa shape index (κ2) is 7.09. The average Bonchev–Trinajstić information content (AvgIpc) is 2.76. The van der Waals surface area contributed by atoms with Crippen molar-refractivity contribution in [3.63, 3.8) is 0 Å². The molecule has 0 spiro atoms. The lowest BCUT2D eigenvalue weighted by Gasteiger charge is -2.18. The monoisotopic (exact) mass is 241 g/mol. The summed E-state index contributed by atoms with van der Waals surface area (Å²) in [6, 6.07) is 3.73. The van der Waals surface area contributed by atoms with Crippen molar-refractivity contribution in [2.45, 2.75) is 26.0 Å². The molecule has 0 radical (unpaired) electrons. The smallest absolute Gasteiger partial charge is 0.332 e. The number of carbonyl (C=O) groups is 1. The van der Waals surface area contributed by atoms with E-state index in [1.807, 2.05) is 24.1 Å². The lowest BCUT2D eigenvalue weighted by Crippen LogP contribution is -2.29. The summed E-state index contributed by atoms with van der Waals surface area (Å²) in [4.78, 5) is 12.9. The van der Waals surface area contributed by atoms with Crippen LogP contribution in [0.2, 0.25) is 0 Å². The van der Waals surface area contributed by atoms with Crippen LogP contribution in [0.5, 0.6) is 0 Å². The summed E-state index contributed by atoms with van der Waals surface area (Å²) in [6.45, 7) is 3.53. The van der Waals surface area contributed by atoms with Gasteiger partial charge in [-0.25, -0.2) is 4.79 Å². The Morgan fingerprint density at radius 3 is 2.94 bits per heavy atom. The largest absolute Gasteiger partial charge is 0.479 e. The van der Waals surface area contributed by atoms with Crippen LogP contribution in [-0.4, -0.2) is 42.3 Å². The Balaban J connectivity index is 2.30. The van der Waals surface area contributed by atoms with Crippen LogP contribution in [0.3, 0.4) is 0 Å². The number of hydrogen-bond acceptors (Lipinski definition) is 4. The van der Waals surface area contributed by atoms with Crippen molar-refractivity contribution < 1.29 is 19.1 Å². The lowest BCUT2D eigenvalue weighted by molar-refractivity contribution is -0.150. The Kier molecular flexibility index (Phi) is 5.72. The summed E-state index contributed by atoms with van der Waals surface area (Å²) >= 11 is 0. The number of hydrogen-bond donors (Lipinski definition) is 1. The molecule has 0 fully saturated rings. The highest BCUT2D eigenvalue weighted by Crippen LogP contribution is 2.06. The molecule has 1 aromatic rings. The van der Waals surface area contributed by atoms with E-state index < -0.39 is 12.1 Å². The molecule has 0 bridgehead atoms. The SMILES string of the molecule is CCOC(CCN(C)Cc1ccco1)C(=O)O. The summed E-state index contributed by atoms with van der Waals surface area (Å²) in [5.41, 5.74) is 0. The molecular weight excluding hydrogens is 222 g/mol. The molecule has 5 nitrogen and oxygen atoms in total. The zero-order chi connectivity index (χ0) is 12.7. The number of furan rings is 1. The molecule has 1 unspecified atom stereocenters. The van der Waals surface area contributed by atoms with Gasteiger partial charge in [-0.2, -0.15) is 0 Å².